The van der Waals surface area contributed by atoms with Crippen molar-refractivity contribution in [2.75, 3.05) is 17.2 Å². The lowest BCUT2D eigenvalue weighted by Gasteiger charge is -2.09. The Morgan fingerprint density at radius 2 is 1.96 bits per heavy atom. The Morgan fingerprint density at radius 1 is 1.11 bits per heavy atom. The van der Waals surface area contributed by atoms with Crippen LogP contribution in [0.3, 0.4) is 0 Å². The SMILES string of the molecule is O=C(CNc1cccc(-c2nnnn2C2CC2)c1)Nc1ccc(F)c(F)c1. The summed E-state index contributed by atoms with van der Waals surface area (Å²) in [6, 6.07) is 11.0. The lowest BCUT2D eigenvalue weighted by atomic mass is 10.2. The number of carbonyl (C=O) groups excluding carboxylic acids is 1. The summed E-state index contributed by atoms with van der Waals surface area (Å²) in [6.07, 6.45) is 2.14. The van der Waals surface area contributed by atoms with Crippen molar-refractivity contribution in [3.63, 3.8) is 0 Å². The third kappa shape index (κ3) is 3.91. The second-order valence-electron chi connectivity index (χ2n) is 6.29. The van der Waals surface area contributed by atoms with E-state index in [1.807, 2.05) is 28.9 Å². The van der Waals surface area contributed by atoms with Gasteiger partial charge in [-0.2, -0.15) is 0 Å². The van der Waals surface area contributed by atoms with E-state index in [9.17, 15) is 13.6 Å². The van der Waals surface area contributed by atoms with Crippen LogP contribution < -0.4 is 10.6 Å². The van der Waals surface area contributed by atoms with E-state index in [1.165, 1.54) is 6.07 Å². The van der Waals surface area contributed by atoms with Crippen molar-refractivity contribution in [2.24, 2.45) is 0 Å². The molecule has 0 radical (unpaired) electrons. The normalized spacial score (nSPS) is 13.4. The number of benzene rings is 2. The molecule has 7 nitrogen and oxygen atoms in total. The van der Waals surface area contributed by atoms with Gasteiger partial charge in [-0.3, -0.25) is 4.79 Å². The number of anilines is 2. The molecule has 2 aromatic carbocycles. The van der Waals surface area contributed by atoms with Crippen LogP contribution in [0.1, 0.15) is 18.9 Å². The van der Waals surface area contributed by atoms with Gasteiger partial charge in [-0.25, -0.2) is 13.5 Å². The molecule has 27 heavy (non-hydrogen) atoms. The first-order valence-electron chi connectivity index (χ1n) is 8.47. The van der Waals surface area contributed by atoms with E-state index >= 15 is 0 Å². The number of nitrogens with one attached hydrogen (secondary N) is 2. The monoisotopic (exact) mass is 370 g/mol. The molecule has 1 saturated carbocycles. The molecule has 3 aromatic rings. The molecule has 138 valence electrons. The summed E-state index contributed by atoms with van der Waals surface area (Å²) in [6.45, 7) is -0.0317. The molecule has 0 aliphatic heterocycles. The molecular formula is C18H16F2N6O. The van der Waals surface area contributed by atoms with E-state index in [1.54, 1.807) is 0 Å². The van der Waals surface area contributed by atoms with Crippen molar-refractivity contribution in [1.29, 1.82) is 0 Å². The summed E-state index contributed by atoms with van der Waals surface area (Å²) in [5, 5.41) is 17.4. The second-order valence-corrected chi connectivity index (χ2v) is 6.29. The molecule has 0 unspecified atom stereocenters. The molecule has 1 fully saturated rings. The van der Waals surface area contributed by atoms with Gasteiger partial charge in [0.2, 0.25) is 5.91 Å². The van der Waals surface area contributed by atoms with Crippen LogP contribution in [0.5, 0.6) is 0 Å². The molecule has 1 heterocycles. The molecule has 0 spiro atoms. The number of halogens is 2. The number of hydrogen-bond donors (Lipinski definition) is 2. The average Bonchev–Trinajstić information content (AvgIpc) is 3.40. The predicted octanol–water partition coefficient (Wildman–Crippen LogP) is 3.00. The zero-order chi connectivity index (χ0) is 18.8. The van der Waals surface area contributed by atoms with Crippen molar-refractivity contribution in [1.82, 2.24) is 20.2 Å². The maximum atomic E-state index is 13.2. The van der Waals surface area contributed by atoms with Crippen LogP contribution >= 0.6 is 0 Å². The molecule has 4 rings (SSSR count). The first kappa shape index (κ1) is 17.1. The quantitative estimate of drug-likeness (QED) is 0.697. The van der Waals surface area contributed by atoms with Crippen LogP contribution in [-0.2, 0) is 4.79 Å². The van der Waals surface area contributed by atoms with Gasteiger partial charge >= 0.3 is 0 Å². The number of aromatic nitrogens is 4. The Bertz CT molecular complexity index is 985. The molecule has 1 aliphatic carbocycles. The average molecular weight is 370 g/mol. The van der Waals surface area contributed by atoms with Gasteiger partial charge in [-0.1, -0.05) is 12.1 Å². The Balaban J connectivity index is 1.40. The number of amides is 1. The maximum Gasteiger partial charge on any atom is 0.243 e. The van der Waals surface area contributed by atoms with Crippen LogP contribution in [0.25, 0.3) is 11.4 Å². The third-order valence-electron chi connectivity index (χ3n) is 4.16. The van der Waals surface area contributed by atoms with E-state index in [0.717, 1.165) is 36.2 Å². The molecule has 0 bridgehead atoms. The first-order valence-corrected chi connectivity index (χ1v) is 8.47. The summed E-state index contributed by atoms with van der Waals surface area (Å²) < 4.78 is 27.9. The summed E-state index contributed by atoms with van der Waals surface area (Å²) in [4.78, 5) is 12.0. The Labute approximate surface area is 153 Å². The van der Waals surface area contributed by atoms with Crippen molar-refractivity contribution in [3.8, 4) is 11.4 Å². The summed E-state index contributed by atoms with van der Waals surface area (Å²) in [7, 11) is 0. The zero-order valence-corrected chi connectivity index (χ0v) is 14.2. The number of carbonyl (C=O) groups is 1. The molecule has 2 N–H and O–H groups in total. The highest BCUT2D eigenvalue weighted by Crippen LogP contribution is 2.36. The van der Waals surface area contributed by atoms with Gasteiger partial charge in [0.25, 0.3) is 0 Å². The summed E-state index contributed by atoms with van der Waals surface area (Å²) in [5.41, 5.74) is 1.76. The van der Waals surface area contributed by atoms with Crippen molar-refractivity contribution in [2.45, 2.75) is 18.9 Å². The van der Waals surface area contributed by atoms with E-state index in [-0.39, 0.29) is 18.1 Å². The smallest absolute Gasteiger partial charge is 0.243 e. The second kappa shape index (κ2) is 7.10. The summed E-state index contributed by atoms with van der Waals surface area (Å²) >= 11 is 0. The number of rotatable bonds is 6. The Hall–Kier alpha value is -3.36. The first-order chi connectivity index (χ1) is 13.1. The van der Waals surface area contributed by atoms with Gasteiger partial charge < -0.3 is 10.6 Å². The van der Waals surface area contributed by atoms with Crippen LogP contribution in [0.15, 0.2) is 42.5 Å². The Morgan fingerprint density at radius 3 is 2.74 bits per heavy atom. The van der Waals surface area contributed by atoms with Gasteiger partial charge in [-0.15, -0.1) is 5.10 Å². The number of hydrogen-bond acceptors (Lipinski definition) is 5. The van der Waals surface area contributed by atoms with Gasteiger partial charge in [0.1, 0.15) is 0 Å². The molecule has 0 atom stereocenters. The highest BCUT2D eigenvalue weighted by Gasteiger charge is 2.28. The number of tetrazole rings is 1. The predicted molar refractivity (Wildman–Crippen MR) is 95.0 cm³/mol. The lowest BCUT2D eigenvalue weighted by Crippen LogP contribution is -2.21. The molecule has 1 aliphatic rings. The lowest BCUT2D eigenvalue weighted by molar-refractivity contribution is -0.114. The molecule has 1 amide bonds. The van der Waals surface area contributed by atoms with E-state index in [0.29, 0.717) is 11.9 Å². The van der Waals surface area contributed by atoms with E-state index in [4.69, 9.17) is 0 Å². The van der Waals surface area contributed by atoms with Gasteiger partial charge in [0, 0.05) is 23.0 Å². The van der Waals surface area contributed by atoms with Crippen LogP contribution in [0.2, 0.25) is 0 Å². The molecule has 9 heteroatoms. The van der Waals surface area contributed by atoms with Crippen LogP contribution in [-0.4, -0.2) is 32.7 Å². The van der Waals surface area contributed by atoms with Crippen molar-refractivity contribution in [3.05, 3.63) is 54.1 Å². The highest BCUT2D eigenvalue weighted by molar-refractivity contribution is 5.93. The van der Waals surface area contributed by atoms with Crippen molar-refractivity contribution < 1.29 is 13.6 Å². The molecule has 1 aromatic heterocycles. The van der Waals surface area contributed by atoms with E-state index < -0.39 is 11.6 Å². The van der Waals surface area contributed by atoms with Gasteiger partial charge in [0.15, 0.2) is 17.5 Å². The fraction of sp³-hybridized carbons (Fsp3) is 0.222. The largest absolute Gasteiger partial charge is 0.376 e. The third-order valence-corrected chi connectivity index (χ3v) is 4.16. The van der Waals surface area contributed by atoms with Gasteiger partial charge in [0.05, 0.1) is 12.6 Å². The number of nitrogens with zero attached hydrogens (tertiary/aromatic N) is 4. The van der Waals surface area contributed by atoms with Crippen LogP contribution in [0.4, 0.5) is 20.2 Å². The highest BCUT2D eigenvalue weighted by atomic mass is 19.2. The van der Waals surface area contributed by atoms with Gasteiger partial charge in [-0.05, 0) is 47.5 Å². The molecular weight excluding hydrogens is 354 g/mol. The summed E-state index contributed by atoms with van der Waals surface area (Å²) in [5.74, 6) is -1.67. The standard InChI is InChI=1S/C18H16F2N6O/c19-15-7-4-13(9-16(15)20)22-17(27)10-21-12-3-1-2-11(8-12)18-23-24-25-26(18)14-5-6-14/h1-4,7-9,14,21H,5-6,10H2,(H,22,27). The molecule has 0 saturated heterocycles. The Kier molecular flexibility index (Phi) is 4.49. The minimum atomic E-state index is -1.01. The fourth-order valence-electron chi connectivity index (χ4n) is 2.68. The minimum absolute atomic E-state index is 0.0317. The zero-order valence-electron chi connectivity index (χ0n) is 14.2. The van der Waals surface area contributed by atoms with E-state index in [2.05, 4.69) is 26.2 Å². The van der Waals surface area contributed by atoms with Crippen LogP contribution in [0, 0.1) is 11.6 Å². The van der Waals surface area contributed by atoms with Crippen molar-refractivity contribution >= 4 is 17.3 Å². The fourth-order valence-corrected chi connectivity index (χ4v) is 2.68. The maximum absolute atomic E-state index is 13.2. The minimum Gasteiger partial charge on any atom is -0.376 e. The topological polar surface area (TPSA) is 84.7 Å².